The molecule has 1 heterocycles. The minimum Gasteiger partial charge on any atom is -0.494 e. The van der Waals surface area contributed by atoms with Crippen LogP contribution in [0.25, 0.3) is 6.08 Å². The van der Waals surface area contributed by atoms with Crippen LogP contribution in [0, 0.1) is 11.3 Å². The fourth-order valence-corrected chi connectivity index (χ4v) is 3.94. The number of benzene rings is 2. The first-order chi connectivity index (χ1) is 15.7. The highest BCUT2D eigenvalue weighted by Gasteiger charge is 2.12. The summed E-state index contributed by atoms with van der Waals surface area (Å²) in [4.78, 5) is 17.9. The van der Waals surface area contributed by atoms with E-state index in [2.05, 4.69) is 29.4 Å². The Morgan fingerprint density at radius 1 is 1.12 bits per heavy atom. The number of carbonyl (C=O) groups is 1. The minimum atomic E-state index is -0.468. The number of rotatable bonds is 11. The van der Waals surface area contributed by atoms with Gasteiger partial charge in [-0.2, -0.15) is 5.26 Å². The number of unbranched alkanes of at least 4 members (excludes halogenated alkanes) is 3. The molecule has 0 saturated heterocycles. The predicted molar refractivity (Wildman–Crippen MR) is 130 cm³/mol. The second-order valence-corrected chi connectivity index (χ2v) is 8.51. The van der Waals surface area contributed by atoms with Gasteiger partial charge in [-0.15, -0.1) is 11.3 Å². The lowest BCUT2D eigenvalue weighted by Crippen LogP contribution is -2.13. The van der Waals surface area contributed by atoms with Crippen molar-refractivity contribution in [3.8, 4) is 11.8 Å². The maximum Gasteiger partial charge on any atom is 0.268 e. The predicted octanol–water partition coefficient (Wildman–Crippen LogP) is 6.24. The molecule has 32 heavy (non-hydrogen) atoms. The van der Waals surface area contributed by atoms with Crippen molar-refractivity contribution in [2.45, 2.75) is 39.0 Å². The highest BCUT2D eigenvalue weighted by Crippen LogP contribution is 2.22. The van der Waals surface area contributed by atoms with Gasteiger partial charge in [-0.3, -0.25) is 10.1 Å². The molecule has 6 heteroatoms. The number of nitrogens with one attached hydrogen (secondary N) is 1. The molecule has 5 nitrogen and oxygen atoms in total. The fraction of sp³-hybridized carbons (Fsp3) is 0.269. The van der Waals surface area contributed by atoms with E-state index in [0.717, 1.165) is 29.0 Å². The number of ether oxygens (including phenoxy) is 1. The Labute approximate surface area is 193 Å². The first kappa shape index (κ1) is 23.2. The van der Waals surface area contributed by atoms with E-state index < -0.39 is 5.91 Å². The van der Waals surface area contributed by atoms with E-state index in [1.807, 2.05) is 48.5 Å². The van der Waals surface area contributed by atoms with Crippen LogP contribution in [0.4, 0.5) is 5.13 Å². The van der Waals surface area contributed by atoms with Gasteiger partial charge in [-0.05, 0) is 35.8 Å². The van der Waals surface area contributed by atoms with E-state index in [4.69, 9.17) is 4.74 Å². The lowest BCUT2D eigenvalue weighted by Gasteiger charge is -2.06. The molecule has 0 saturated carbocycles. The zero-order valence-corrected chi connectivity index (χ0v) is 19.0. The molecule has 0 fully saturated rings. The zero-order chi connectivity index (χ0) is 22.6. The Kier molecular flexibility index (Phi) is 9.03. The molecule has 0 aliphatic rings. The van der Waals surface area contributed by atoms with Crippen LogP contribution in [0.2, 0.25) is 0 Å². The maximum absolute atomic E-state index is 12.6. The van der Waals surface area contributed by atoms with E-state index in [-0.39, 0.29) is 5.57 Å². The smallest absolute Gasteiger partial charge is 0.268 e. The van der Waals surface area contributed by atoms with E-state index in [9.17, 15) is 10.1 Å². The molecule has 0 unspecified atom stereocenters. The van der Waals surface area contributed by atoms with Gasteiger partial charge in [0.15, 0.2) is 5.13 Å². The van der Waals surface area contributed by atoms with Crippen LogP contribution in [0.5, 0.6) is 5.75 Å². The van der Waals surface area contributed by atoms with Crippen LogP contribution in [0.1, 0.15) is 48.6 Å². The standard InChI is InChI=1S/C26H27N3O2S/c1-2-3-4-8-15-31-23-13-11-21(12-14-23)16-22(18-27)25(30)29-26-28-19-24(32-26)17-20-9-6-5-7-10-20/h5-7,9-14,16,19H,2-4,8,15,17H2,1H3,(H,28,29,30)/b22-16+. The summed E-state index contributed by atoms with van der Waals surface area (Å²) in [5.41, 5.74) is 1.97. The summed E-state index contributed by atoms with van der Waals surface area (Å²) in [6.45, 7) is 2.88. The lowest BCUT2D eigenvalue weighted by molar-refractivity contribution is -0.112. The Morgan fingerprint density at radius 2 is 1.91 bits per heavy atom. The highest BCUT2D eigenvalue weighted by atomic mass is 32.1. The molecular weight excluding hydrogens is 418 g/mol. The van der Waals surface area contributed by atoms with Crippen LogP contribution in [0.15, 0.2) is 66.4 Å². The second-order valence-electron chi connectivity index (χ2n) is 7.40. The third kappa shape index (κ3) is 7.36. The topological polar surface area (TPSA) is 75.0 Å². The number of nitrogens with zero attached hydrogens (tertiary/aromatic N) is 2. The number of carbonyl (C=O) groups excluding carboxylic acids is 1. The van der Waals surface area contributed by atoms with Gasteiger partial charge in [0, 0.05) is 17.5 Å². The van der Waals surface area contributed by atoms with Crippen molar-refractivity contribution in [1.29, 1.82) is 5.26 Å². The third-order valence-corrected chi connectivity index (χ3v) is 5.73. The van der Waals surface area contributed by atoms with Gasteiger partial charge in [-0.1, -0.05) is 68.7 Å². The van der Waals surface area contributed by atoms with Crippen LogP contribution in [-0.2, 0) is 11.2 Å². The average Bonchev–Trinajstić information content (AvgIpc) is 3.25. The van der Waals surface area contributed by atoms with Gasteiger partial charge in [-0.25, -0.2) is 4.98 Å². The van der Waals surface area contributed by atoms with E-state index in [0.29, 0.717) is 11.7 Å². The summed E-state index contributed by atoms with van der Waals surface area (Å²) in [6.07, 6.45) is 8.71. The normalized spacial score (nSPS) is 11.1. The van der Waals surface area contributed by atoms with Gasteiger partial charge < -0.3 is 4.74 Å². The van der Waals surface area contributed by atoms with Crippen molar-refractivity contribution < 1.29 is 9.53 Å². The molecule has 0 bridgehead atoms. The number of nitriles is 1. The van der Waals surface area contributed by atoms with Crippen LogP contribution in [0.3, 0.4) is 0 Å². The molecule has 3 aromatic rings. The number of anilines is 1. The number of amides is 1. The molecule has 0 atom stereocenters. The largest absolute Gasteiger partial charge is 0.494 e. The Balaban J connectivity index is 1.55. The first-order valence-corrected chi connectivity index (χ1v) is 11.6. The van der Waals surface area contributed by atoms with Crippen molar-refractivity contribution in [1.82, 2.24) is 4.98 Å². The Bertz CT molecular complexity index is 1070. The van der Waals surface area contributed by atoms with Gasteiger partial charge >= 0.3 is 0 Å². The summed E-state index contributed by atoms with van der Waals surface area (Å²) in [5.74, 6) is 0.319. The second kappa shape index (κ2) is 12.4. The molecule has 1 aromatic heterocycles. The van der Waals surface area contributed by atoms with Gasteiger partial charge in [0.2, 0.25) is 0 Å². The third-order valence-electron chi connectivity index (χ3n) is 4.82. The Morgan fingerprint density at radius 3 is 2.62 bits per heavy atom. The average molecular weight is 446 g/mol. The molecule has 1 N–H and O–H groups in total. The van der Waals surface area contributed by atoms with Crippen LogP contribution >= 0.6 is 11.3 Å². The molecule has 0 aliphatic heterocycles. The number of thiazole rings is 1. The molecule has 1 amide bonds. The van der Waals surface area contributed by atoms with E-state index >= 15 is 0 Å². The minimum absolute atomic E-state index is 0.0260. The SMILES string of the molecule is CCCCCCOc1ccc(/C=C(\C#N)C(=O)Nc2ncc(Cc3ccccc3)s2)cc1. The molecule has 3 rings (SSSR count). The van der Waals surface area contributed by atoms with Crippen molar-refractivity contribution in [3.63, 3.8) is 0 Å². The van der Waals surface area contributed by atoms with Crippen molar-refractivity contribution in [2.75, 3.05) is 11.9 Å². The highest BCUT2D eigenvalue weighted by molar-refractivity contribution is 7.15. The monoisotopic (exact) mass is 445 g/mol. The van der Waals surface area contributed by atoms with Gasteiger partial charge in [0.1, 0.15) is 17.4 Å². The van der Waals surface area contributed by atoms with Crippen molar-refractivity contribution in [2.24, 2.45) is 0 Å². The van der Waals surface area contributed by atoms with E-state index in [1.165, 1.54) is 36.2 Å². The van der Waals surface area contributed by atoms with Crippen LogP contribution < -0.4 is 10.1 Å². The van der Waals surface area contributed by atoms with Gasteiger partial charge in [0.05, 0.1) is 6.61 Å². The maximum atomic E-state index is 12.6. The molecule has 2 aromatic carbocycles. The Hall–Kier alpha value is -3.43. The lowest BCUT2D eigenvalue weighted by atomic mass is 10.1. The molecule has 0 spiro atoms. The summed E-state index contributed by atoms with van der Waals surface area (Å²) in [5, 5.41) is 12.7. The number of hydrogen-bond donors (Lipinski definition) is 1. The molecule has 0 aliphatic carbocycles. The van der Waals surface area contributed by atoms with Gasteiger partial charge in [0.25, 0.3) is 5.91 Å². The van der Waals surface area contributed by atoms with Crippen LogP contribution in [-0.4, -0.2) is 17.5 Å². The summed E-state index contributed by atoms with van der Waals surface area (Å²) >= 11 is 1.41. The number of aromatic nitrogens is 1. The summed E-state index contributed by atoms with van der Waals surface area (Å²) in [7, 11) is 0. The van der Waals surface area contributed by atoms with E-state index in [1.54, 1.807) is 12.3 Å². The zero-order valence-electron chi connectivity index (χ0n) is 18.2. The molecule has 164 valence electrons. The molecule has 0 radical (unpaired) electrons. The summed E-state index contributed by atoms with van der Waals surface area (Å²) in [6, 6.07) is 19.4. The van der Waals surface area contributed by atoms with Crippen molar-refractivity contribution >= 4 is 28.5 Å². The molecular formula is C26H27N3O2S. The van der Waals surface area contributed by atoms with Crippen molar-refractivity contribution in [3.05, 3.63) is 82.4 Å². The fourth-order valence-electron chi connectivity index (χ4n) is 3.10. The first-order valence-electron chi connectivity index (χ1n) is 10.8. The summed E-state index contributed by atoms with van der Waals surface area (Å²) < 4.78 is 5.74. The quantitative estimate of drug-likeness (QED) is 0.215. The number of hydrogen-bond acceptors (Lipinski definition) is 5.